The molecular formula is C19H26ClNO3S. The number of hydrogen-bond acceptors (Lipinski definition) is 4. The van der Waals surface area contributed by atoms with E-state index >= 15 is 0 Å². The molecule has 1 aromatic carbocycles. The fraction of sp³-hybridized carbons (Fsp3) is 0.579. The number of nitrogens with zero attached hydrogens (tertiary/aromatic N) is 1. The highest BCUT2D eigenvalue weighted by Crippen LogP contribution is 2.44. The third-order valence-electron chi connectivity index (χ3n) is 4.17. The maximum Gasteiger partial charge on any atom is 0.329 e. The van der Waals surface area contributed by atoms with Gasteiger partial charge in [-0.1, -0.05) is 56.5 Å². The standard InChI is InChI=1S/C19H26ClNO3S/c1-3-5-6-11-17(22)21-16(19(23)24-12-4-2)13-25-18(21)14-9-7-8-10-15(14)20/h7-10,16,18H,3-6,11-13H2,1-2H3. The highest BCUT2D eigenvalue weighted by atomic mass is 35.5. The Hall–Kier alpha value is -1.20. The number of carbonyl (C=O) groups is 2. The first-order valence-electron chi connectivity index (χ1n) is 8.94. The van der Waals surface area contributed by atoms with Crippen LogP contribution in [0.15, 0.2) is 24.3 Å². The second kappa shape index (κ2) is 10.1. The molecule has 0 bridgehead atoms. The molecule has 2 rings (SSSR count). The van der Waals surface area contributed by atoms with Gasteiger partial charge in [0, 0.05) is 22.8 Å². The molecule has 6 heteroatoms. The number of amides is 1. The van der Waals surface area contributed by atoms with Crippen molar-refractivity contribution in [2.45, 2.75) is 57.4 Å². The Balaban J connectivity index is 2.22. The predicted octanol–water partition coefficient (Wildman–Crippen LogP) is 4.82. The minimum atomic E-state index is -0.535. The SMILES string of the molecule is CCCCCC(=O)N1C(C(=O)OCCC)CSC1c1ccccc1Cl. The molecular weight excluding hydrogens is 358 g/mol. The molecule has 1 heterocycles. The van der Waals surface area contributed by atoms with Crippen LogP contribution in [-0.2, 0) is 14.3 Å². The summed E-state index contributed by atoms with van der Waals surface area (Å²) in [6, 6.07) is 6.98. The van der Waals surface area contributed by atoms with E-state index in [1.54, 1.807) is 16.7 Å². The van der Waals surface area contributed by atoms with E-state index in [9.17, 15) is 9.59 Å². The fourth-order valence-corrected chi connectivity index (χ4v) is 4.64. The van der Waals surface area contributed by atoms with Gasteiger partial charge in [0.15, 0.2) is 0 Å². The number of rotatable bonds is 8. The van der Waals surface area contributed by atoms with Gasteiger partial charge in [-0.25, -0.2) is 4.79 Å². The lowest BCUT2D eigenvalue weighted by molar-refractivity contribution is -0.154. The van der Waals surface area contributed by atoms with Crippen molar-refractivity contribution in [3.05, 3.63) is 34.9 Å². The molecule has 25 heavy (non-hydrogen) atoms. The number of benzene rings is 1. The molecule has 0 aliphatic carbocycles. The molecule has 1 fully saturated rings. The average Bonchev–Trinajstić information content (AvgIpc) is 3.05. The van der Waals surface area contributed by atoms with Gasteiger partial charge in [-0.2, -0.15) is 0 Å². The third-order valence-corrected chi connectivity index (χ3v) is 5.82. The molecule has 2 atom stereocenters. The van der Waals surface area contributed by atoms with Crippen molar-refractivity contribution < 1.29 is 14.3 Å². The van der Waals surface area contributed by atoms with Crippen LogP contribution in [0.3, 0.4) is 0 Å². The molecule has 0 aromatic heterocycles. The lowest BCUT2D eigenvalue weighted by Crippen LogP contribution is -2.43. The van der Waals surface area contributed by atoms with E-state index in [4.69, 9.17) is 16.3 Å². The quantitative estimate of drug-likeness (QED) is 0.477. The van der Waals surface area contributed by atoms with Gasteiger partial charge >= 0.3 is 5.97 Å². The van der Waals surface area contributed by atoms with Gasteiger partial charge < -0.3 is 9.64 Å². The van der Waals surface area contributed by atoms with E-state index in [-0.39, 0.29) is 17.3 Å². The van der Waals surface area contributed by atoms with Crippen LogP contribution in [0.1, 0.15) is 56.9 Å². The Bertz CT molecular complexity index is 596. The number of unbranched alkanes of at least 4 members (excludes halogenated alkanes) is 2. The Morgan fingerprint density at radius 1 is 1.24 bits per heavy atom. The molecule has 1 amide bonds. The fourth-order valence-electron chi connectivity index (χ4n) is 2.86. The van der Waals surface area contributed by atoms with Crippen LogP contribution in [0, 0.1) is 0 Å². The molecule has 4 nitrogen and oxygen atoms in total. The summed E-state index contributed by atoms with van der Waals surface area (Å²) < 4.78 is 5.32. The Morgan fingerprint density at radius 3 is 2.68 bits per heavy atom. The van der Waals surface area contributed by atoms with Gasteiger partial charge in [-0.05, 0) is 18.9 Å². The zero-order chi connectivity index (χ0) is 18.2. The van der Waals surface area contributed by atoms with Gasteiger partial charge in [0.05, 0.1) is 6.61 Å². The van der Waals surface area contributed by atoms with Crippen molar-refractivity contribution in [2.75, 3.05) is 12.4 Å². The summed E-state index contributed by atoms with van der Waals surface area (Å²) in [7, 11) is 0. The minimum absolute atomic E-state index is 0.00168. The van der Waals surface area contributed by atoms with Crippen LogP contribution in [-0.4, -0.2) is 35.2 Å². The van der Waals surface area contributed by atoms with Gasteiger partial charge in [-0.15, -0.1) is 11.8 Å². The summed E-state index contributed by atoms with van der Waals surface area (Å²) in [5.74, 6) is 0.229. The van der Waals surface area contributed by atoms with Crippen LogP contribution in [0.25, 0.3) is 0 Å². The van der Waals surface area contributed by atoms with Crippen LogP contribution in [0.2, 0.25) is 5.02 Å². The number of thioether (sulfide) groups is 1. The summed E-state index contributed by atoms with van der Waals surface area (Å²) in [4.78, 5) is 27.0. The van der Waals surface area contributed by atoms with E-state index in [1.165, 1.54) is 0 Å². The minimum Gasteiger partial charge on any atom is -0.464 e. The smallest absolute Gasteiger partial charge is 0.329 e. The van der Waals surface area contributed by atoms with E-state index in [2.05, 4.69) is 6.92 Å². The van der Waals surface area contributed by atoms with E-state index < -0.39 is 6.04 Å². The monoisotopic (exact) mass is 383 g/mol. The van der Waals surface area contributed by atoms with Crippen molar-refractivity contribution in [1.29, 1.82) is 0 Å². The highest BCUT2D eigenvalue weighted by Gasteiger charge is 2.43. The van der Waals surface area contributed by atoms with Crippen LogP contribution < -0.4 is 0 Å². The van der Waals surface area contributed by atoms with Crippen LogP contribution >= 0.6 is 23.4 Å². The second-order valence-corrected chi connectivity index (χ2v) is 7.67. The molecule has 0 saturated carbocycles. The van der Waals surface area contributed by atoms with E-state index in [1.807, 2.05) is 31.2 Å². The zero-order valence-corrected chi connectivity index (χ0v) is 16.4. The lowest BCUT2D eigenvalue weighted by atomic mass is 10.1. The summed E-state index contributed by atoms with van der Waals surface area (Å²) in [6.45, 7) is 4.44. The first-order chi connectivity index (χ1) is 12.1. The Kier molecular flexibility index (Phi) is 8.10. The largest absolute Gasteiger partial charge is 0.464 e. The third kappa shape index (κ3) is 5.14. The topological polar surface area (TPSA) is 46.6 Å². The second-order valence-electron chi connectivity index (χ2n) is 6.15. The molecule has 1 saturated heterocycles. The molecule has 0 spiro atoms. The number of carbonyl (C=O) groups excluding carboxylic acids is 2. The van der Waals surface area contributed by atoms with Crippen molar-refractivity contribution >= 4 is 35.2 Å². The maximum atomic E-state index is 12.9. The van der Waals surface area contributed by atoms with E-state index in [0.29, 0.717) is 23.8 Å². The normalized spacial score (nSPS) is 19.9. The number of ether oxygens (including phenoxy) is 1. The van der Waals surface area contributed by atoms with Gasteiger partial charge in [0.25, 0.3) is 0 Å². The number of halogens is 1. The molecule has 138 valence electrons. The first-order valence-corrected chi connectivity index (χ1v) is 10.4. The highest BCUT2D eigenvalue weighted by molar-refractivity contribution is 7.99. The summed E-state index contributed by atoms with van der Waals surface area (Å²) in [5, 5.41) is 0.385. The maximum absolute atomic E-state index is 12.9. The summed E-state index contributed by atoms with van der Waals surface area (Å²) in [6.07, 6.45) is 4.12. The van der Waals surface area contributed by atoms with Crippen molar-refractivity contribution in [1.82, 2.24) is 4.90 Å². The molecule has 1 aliphatic rings. The van der Waals surface area contributed by atoms with Gasteiger partial charge in [-0.3, -0.25) is 4.79 Å². The molecule has 2 unspecified atom stereocenters. The molecule has 1 aliphatic heterocycles. The summed E-state index contributed by atoms with van der Waals surface area (Å²) in [5.41, 5.74) is 0.879. The van der Waals surface area contributed by atoms with Crippen LogP contribution in [0.4, 0.5) is 0 Å². The predicted molar refractivity (Wildman–Crippen MR) is 103 cm³/mol. The Morgan fingerprint density at radius 2 is 2.00 bits per heavy atom. The molecule has 0 radical (unpaired) electrons. The first kappa shape index (κ1) is 20.1. The average molecular weight is 384 g/mol. The van der Waals surface area contributed by atoms with Crippen molar-refractivity contribution in [3.8, 4) is 0 Å². The van der Waals surface area contributed by atoms with Crippen molar-refractivity contribution in [2.24, 2.45) is 0 Å². The van der Waals surface area contributed by atoms with Gasteiger partial charge in [0.1, 0.15) is 11.4 Å². The van der Waals surface area contributed by atoms with E-state index in [0.717, 1.165) is 31.2 Å². The van der Waals surface area contributed by atoms with Gasteiger partial charge in [0.2, 0.25) is 5.91 Å². The molecule has 1 aromatic rings. The zero-order valence-electron chi connectivity index (χ0n) is 14.9. The van der Waals surface area contributed by atoms with Crippen LogP contribution in [0.5, 0.6) is 0 Å². The lowest BCUT2D eigenvalue weighted by Gasteiger charge is -2.29. The molecule has 0 N–H and O–H groups in total. The Labute approximate surface area is 159 Å². The number of hydrogen-bond donors (Lipinski definition) is 0. The summed E-state index contributed by atoms with van der Waals surface area (Å²) >= 11 is 7.92. The van der Waals surface area contributed by atoms with Crippen molar-refractivity contribution in [3.63, 3.8) is 0 Å². The number of esters is 1.